The van der Waals surface area contributed by atoms with Crippen LogP contribution in [0.15, 0.2) is 82.6 Å². The predicted molar refractivity (Wildman–Crippen MR) is 111 cm³/mol. The average molecular weight is 367 g/mol. The Kier molecular flexibility index (Phi) is 4.78. The summed E-state index contributed by atoms with van der Waals surface area (Å²) in [4.78, 5) is 10.1. The van der Waals surface area contributed by atoms with Gasteiger partial charge >= 0.3 is 0 Å². The first-order chi connectivity index (χ1) is 13.2. The second-order valence-corrected chi connectivity index (χ2v) is 7.40. The SMILES string of the molecule is Cc1ccc(Sc2ccc(C=C(C#N)c3nc4ccccc4[nH]3)cc2)cc1. The number of nitrogens with one attached hydrogen (secondary N) is 1. The van der Waals surface area contributed by atoms with Gasteiger partial charge in [0.05, 0.1) is 16.6 Å². The Labute approximate surface area is 162 Å². The number of imidazole rings is 1. The minimum atomic E-state index is 0.519. The predicted octanol–water partition coefficient (Wildman–Crippen LogP) is 6.09. The third kappa shape index (κ3) is 3.94. The number of H-pyrrole nitrogens is 1. The molecule has 0 saturated carbocycles. The molecule has 0 fully saturated rings. The van der Waals surface area contributed by atoms with Gasteiger partial charge in [-0.05, 0) is 55.0 Å². The molecule has 3 nitrogen and oxygen atoms in total. The smallest absolute Gasteiger partial charge is 0.149 e. The molecule has 1 aromatic heterocycles. The van der Waals surface area contributed by atoms with E-state index < -0.39 is 0 Å². The Hall–Kier alpha value is -3.29. The lowest BCUT2D eigenvalue weighted by atomic mass is 10.1. The Bertz CT molecular complexity index is 1110. The molecule has 0 unspecified atom stereocenters. The first-order valence-electron chi connectivity index (χ1n) is 8.63. The fraction of sp³-hybridized carbons (Fsp3) is 0.0435. The van der Waals surface area contributed by atoms with E-state index in [9.17, 15) is 5.26 Å². The van der Waals surface area contributed by atoms with Crippen LogP contribution >= 0.6 is 11.8 Å². The normalized spacial score (nSPS) is 11.5. The first-order valence-corrected chi connectivity index (χ1v) is 9.44. The summed E-state index contributed by atoms with van der Waals surface area (Å²) in [5.41, 5.74) is 4.54. The molecule has 0 aliphatic rings. The van der Waals surface area contributed by atoms with Crippen molar-refractivity contribution in [3.05, 3.63) is 89.7 Å². The Morgan fingerprint density at radius 2 is 1.63 bits per heavy atom. The van der Waals surface area contributed by atoms with E-state index in [1.807, 2.05) is 42.5 Å². The van der Waals surface area contributed by atoms with Crippen LogP contribution in [0, 0.1) is 18.3 Å². The molecule has 0 amide bonds. The zero-order chi connectivity index (χ0) is 18.6. The van der Waals surface area contributed by atoms with Gasteiger partial charge < -0.3 is 4.98 Å². The average Bonchev–Trinajstić information content (AvgIpc) is 3.13. The molecule has 0 aliphatic heterocycles. The van der Waals surface area contributed by atoms with E-state index in [-0.39, 0.29) is 0 Å². The molecule has 3 aromatic carbocycles. The number of para-hydroxylation sites is 2. The molecule has 0 bridgehead atoms. The summed E-state index contributed by atoms with van der Waals surface area (Å²) >= 11 is 1.72. The first kappa shape index (κ1) is 17.1. The Morgan fingerprint density at radius 3 is 2.30 bits per heavy atom. The summed E-state index contributed by atoms with van der Waals surface area (Å²) in [5, 5.41) is 9.56. The van der Waals surface area contributed by atoms with E-state index >= 15 is 0 Å². The van der Waals surface area contributed by atoms with Crippen molar-refractivity contribution in [2.24, 2.45) is 0 Å². The largest absolute Gasteiger partial charge is 0.337 e. The van der Waals surface area contributed by atoms with E-state index in [1.54, 1.807) is 11.8 Å². The summed E-state index contributed by atoms with van der Waals surface area (Å²) in [7, 11) is 0. The lowest BCUT2D eigenvalue weighted by Gasteiger charge is -2.03. The van der Waals surface area contributed by atoms with Gasteiger partial charge in [0.15, 0.2) is 0 Å². The highest BCUT2D eigenvalue weighted by Crippen LogP contribution is 2.28. The van der Waals surface area contributed by atoms with Crippen molar-refractivity contribution in [3.8, 4) is 6.07 Å². The highest BCUT2D eigenvalue weighted by molar-refractivity contribution is 7.99. The number of allylic oxidation sites excluding steroid dienone is 1. The molecule has 4 aromatic rings. The van der Waals surface area contributed by atoms with Gasteiger partial charge in [-0.3, -0.25) is 0 Å². The molecule has 0 spiro atoms. The lowest BCUT2D eigenvalue weighted by Crippen LogP contribution is -1.85. The molecule has 4 heteroatoms. The quantitative estimate of drug-likeness (QED) is 0.444. The van der Waals surface area contributed by atoms with Crippen molar-refractivity contribution < 1.29 is 0 Å². The van der Waals surface area contributed by atoms with Gasteiger partial charge in [-0.2, -0.15) is 5.26 Å². The van der Waals surface area contributed by atoms with Gasteiger partial charge in [0.25, 0.3) is 0 Å². The van der Waals surface area contributed by atoms with Crippen LogP contribution in [0.1, 0.15) is 17.0 Å². The fourth-order valence-corrected chi connectivity index (χ4v) is 3.59. The van der Waals surface area contributed by atoms with Crippen LogP contribution in [0.3, 0.4) is 0 Å². The van der Waals surface area contributed by atoms with Crippen LogP contribution in [-0.2, 0) is 0 Å². The Morgan fingerprint density at radius 1 is 0.963 bits per heavy atom. The van der Waals surface area contributed by atoms with Gasteiger partial charge in [-0.1, -0.05) is 53.7 Å². The van der Waals surface area contributed by atoms with Crippen LogP contribution in [0.2, 0.25) is 0 Å². The number of hydrogen-bond donors (Lipinski definition) is 1. The highest BCUT2D eigenvalue weighted by atomic mass is 32.2. The molecule has 1 heterocycles. The number of nitrogens with zero attached hydrogens (tertiary/aromatic N) is 2. The maximum Gasteiger partial charge on any atom is 0.149 e. The molecule has 0 aliphatic carbocycles. The number of aryl methyl sites for hydroxylation is 1. The number of aromatic amines is 1. The maximum absolute atomic E-state index is 9.56. The van der Waals surface area contributed by atoms with Crippen LogP contribution in [0.4, 0.5) is 0 Å². The zero-order valence-electron chi connectivity index (χ0n) is 14.8. The van der Waals surface area contributed by atoms with Crippen molar-refractivity contribution in [1.29, 1.82) is 5.26 Å². The zero-order valence-corrected chi connectivity index (χ0v) is 15.6. The number of benzene rings is 3. The number of nitriles is 1. The van der Waals surface area contributed by atoms with E-state index in [1.165, 1.54) is 15.4 Å². The third-order valence-corrected chi connectivity index (χ3v) is 5.23. The van der Waals surface area contributed by atoms with Crippen molar-refractivity contribution in [2.75, 3.05) is 0 Å². The Balaban J connectivity index is 1.56. The van der Waals surface area contributed by atoms with Gasteiger partial charge in [-0.15, -0.1) is 0 Å². The summed E-state index contributed by atoms with van der Waals surface area (Å²) in [6.07, 6.45) is 1.86. The van der Waals surface area contributed by atoms with Crippen LogP contribution < -0.4 is 0 Å². The summed E-state index contributed by atoms with van der Waals surface area (Å²) in [6, 6.07) is 26.7. The van der Waals surface area contributed by atoms with E-state index in [0.717, 1.165) is 16.6 Å². The molecule has 27 heavy (non-hydrogen) atoms. The van der Waals surface area contributed by atoms with Crippen molar-refractivity contribution in [2.45, 2.75) is 16.7 Å². The molecule has 4 rings (SSSR count). The van der Waals surface area contributed by atoms with Crippen molar-refractivity contribution in [3.63, 3.8) is 0 Å². The van der Waals surface area contributed by atoms with Crippen molar-refractivity contribution >= 4 is 34.4 Å². The molecule has 130 valence electrons. The topological polar surface area (TPSA) is 52.5 Å². The minimum Gasteiger partial charge on any atom is -0.337 e. The van der Waals surface area contributed by atoms with Crippen LogP contribution in [-0.4, -0.2) is 9.97 Å². The maximum atomic E-state index is 9.56. The monoisotopic (exact) mass is 367 g/mol. The molecule has 0 saturated heterocycles. The fourth-order valence-electron chi connectivity index (χ4n) is 2.78. The van der Waals surface area contributed by atoms with Crippen LogP contribution in [0.5, 0.6) is 0 Å². The van der Waals surface area contributed by atoms with E-state index in [2.05, 4.69) is 59.4 Å². The summed E-state index contributed by atoms with van der Waals surface area (Å²) < 4.78 is 0. The van der Waals surface area contributed by atoms with Gasteiger partial charge in [0.2, 0.25) is 0 Å². The second kappa shape index (κ2) is 7.53. The number of aromatic nitrogens is 2. The number of fused-ring (bicyclic) bond motifs is 1. The van der Waals surface area contributed by atoms with Gasteiger partial charge in [-0.25, -0.2) is 4.98 Å². The summed E-state index contributed by atoms with van der Waals surface area (Å²) in [6.45, 7) is 2.09. The van der Waals surface area contributed by atoms with Crippen molar-refractivity contribution in [1.82, 2.24) is 9.97 Å². The number of hydrogen-bond acceptors (Lipinski definition) is 3. The molecular formula is C23H17N3S. The molecule has 1 N–H and O–H groups in total. The van der Waals surface area contributed by atoms with Gasteiger partial charge in [0.1, 0.15) is 11.9 Å². The highest BCUT2D eigenvalue weighted by Gasteiger charge is 2.07. The lowest BCUT2D eigenvalue weighted by molar-refractivity contribution is 1.27. The molecular weight excluding hydrogens is 350 g/mol. The standard InChI is InChI=1S/C23H17N3S/c1-16-6-10-19(11-7-16)27-20-12-8-17(9-13-20)14-18(15-24)23-25-21-4-2-3-5-22(21)26-23/h2-14H,1H3,(H,25,26). The minimum absolute atomic E-state index is 0.519. The van der Waals surface area contributed by atoms with Crippen LogP contribution in [0.25, 0.3) is 22.7 Å². The van der Waals surface area contributed by atoms with E-state index in [4.69, 9.17) is 0 Å². The number of rotatable bonds is 4. The summed E-state index contributed by atoms with van der Waals surface area (Å²) in [5.74, 6) is 0.594. The molecule has 0 radical (unpaired) electrons. The second-order valence-electron chi connectivity index (χ2n) is 6.26. The van der Waals surface area contributed by atoms with Gasteiger partial charge in [0, 0.05) is 9.79 Å². The molecule has 0 atom stereocenters. The third-order valence-electron chi connectivity index (χ3n) is 4.21. The van der Waals surface area contributed by atoms with E-state index in [0.29, 0.717) is 11.4 Å².